The lowest BCUT2D eigenvalue weighted by Gasteiger charge is -2.15. The van der Waals surface area contributed by atoms with Crippen LogP contribution in [0.2, 0.25) is 0 Å². The van der Waals surface area contributed by atoms with Gasteiger partial charge in [-0.1, -0.05) is 48.5 Å². The second-order valence-corrected chi connectivity index (χ2v) is 6.26. The largest absolute Gasteiger partial charge is 0.361 e. The van der Waals surface area contributed by atoms with Crippen molar-refractivity contribution in [2.45, 2.75) is 18.6 Å². The zero-order valence-corrected chi connectivity index (χ0v) is 13.6. The Labute approximate surface area is 141 Å². The van der Waals surface area contributed by atoms with Gasteiger partial charge in [-0.3, -0.25) is 4.79 Å². The fourth-order valence-corrected chi connectivity index (χ4v) is 3.15. The van der Waals surface area contributed by atoms with Crippen LogP contribution in [0.5, 0.6) is 0 Å². The molecule has 0 saturated carbocycles. The Balaban J connectivity index is 1.37. The second-order valence-electron chi connectivity index (χ2n) is 6.26. The number of amides is 1. The van der Waals surface area contributed by atoms with Gasteiger partial charge < -0.3 is 14.6 Å². The van der Waals surface area contributed by atoms with Crippen LogP contribution in [-0.4, -0.2) is 35.5 Å². The fraction of sp³-hybridized carbons (Fsp3) is 0.250. The van der Waals surface area contributed by atoms with Gasteiger partial charge in [0.15, 0.2) is 6.10 Å². The predicted molar refractivity (Wildman–Crippen MR) is 93.7 cm³/mol. The summed E-state index contributed by atoms with van der Waals surface area (Å²) in [5, 5.41) is 1.23. The number of nitrogens with zero attached hydrogens (tertiary/aromatic N) is 1. The molecule has 2 heterocycles. The number of hydrogen-bond acceptors (Lipinski definition) is 2. The van der Waals surface area contributed by atoms with E-state index in [-0.39, 0.29) is 18.1 Å². The normalized spacial score (nSPS) is 19.4. The molecule has 4 nitrogen and oxygen atoms in total. The van der Waals surface area contributed by atoms with E-state index in [0.29, 0.717) is 6.54 Å². The number of ether oxygens (including phenoxy) is 1. The van der Waals surface area contributed by atoms with Crippen molar-refractivity contribution in [3.05, 3.63) is 71.9 Å². The van der Waals surface area contributed by atoms with Crippen LogP contribution in [0.25, 0.3) is 10.9 Å². The third-order valence-corrected chi connectivity index (χ3v) is 4.63. The fourth-order valence-electron chi connectivity index (χ4n) is 3.15. The number of para-hydroxylation sites is 1. The number of aromatic amines is 1. The van der Waals surface area contributed by atoms with Crippen LogP contribution in [0.15, 0.2) is 60.8 Å². The summed E-state index contributed by atoms with van der Waals surface area (Å²) < 4.78 is 5.60. The number of hydrogen-bond donors (Lipinski definition) is 1. The molecule has 0 unspecified atom stereocenters. The first kappa shape index (κ1) is 15.0. The van der Waals surface area contributed by atoms with Crippen molar-refractivity contribution in [2.75, 3.05) is 13.6 Å². The van der Waals surface area contributed by atoms with E-state index in [9.17, 15) is 4.79 Å². The van der Waals surface area contributed by atoms with E-state index in [2.05, 4.69) is 17.1 Å². The highest BCUT2D eigenvalue weighted by Gasteiger charge is 2.47. The molecule has 1 aliphatic heterocycles. The molecule has 1 aliphatic rings. The van der Waals surface area contributed by atoms with E-state index in [1.54, 1.807) is 4.90 Å². The van der Waals surface area contributed by atoms with E-state index >= 15 is 0 Å². The van der Waals surface area contributed by atoms with Crippen LogP contribution < -0.4 is 0 Å². The topological polar surface area (TPSA) is 48.6 Å². The van der Waals surface area contributed by atoms with Gasteiger partial charge in [-0.05, 0) is 23.6 Å². The molecule has 1 aromatic heterocycles. The third kappa shape index (κ3) is 2.81. The summed E-state index contributed by atoms with van der Waals surface area (Å²) in [7, 11) is 1.85. The standard InChI is InChI=1S/C20H20N2O2/c1-22(12-11-15-13-21-17-10-6-5-9-16(15)17)20(23)19-18(24-19)14-7-3-2-4-8-14/h2-10,13,18-19,21H,11-12H2,1H3/t18-,19+/m0/s1. The molecule has 0 bridgehead atoms. The number of carbonyl (C=O) groups excluding carboxylic acids is 1. The minimum Gasteiger partial charge on any atom is -0.361 e. The molecule has 4 heteroatoms. The van der Waals surface area contributed by atoms with Crippen molar-refractivity contribution in [2.24, 2.45) is 0 Å². The predicted octanol–water partition coefficient (Wildman–Crippen LogP) is 3.31. The van der Waals surface area contributed by atoms with Gasteiger partial charge in [-0.25, -0.2) is 0 Å². The minimum atomic E-state index is -0.333. The van der Waals surface area contributed by atoms with Gasteiger partial charge in [-0.15, -0.1) is 0 Å². The van der Waals surface area contributed by atoms with Crippen molar-refractivity contribution in [3.63, 3.8) is 0 Å². The number of rotatable bonds is 5. The van der Waals surface area contributed by atoms with Gasteiger partial charge in [0.2, 0.25) is 0 Å². The van der Waals surface area contributed by atoms with Gasteiger partial charge in [0.1, 0.15) is 6.10 Å². The van der Waals surface area contributed by atoms with Crippen LogP contribution >= 0.6 is 0 Å². The average Bonchev–Trinajstić information content (AvgIpc) is 3.33. The van der Waals surface area contributed by atoms with Crippen molar-refractivity contribution in [1.29, 1.82) is 0 Å². The lowest BCUT2D eigenvalue weighted by Crippen LogP contribution is -2.32. The van der Waals surface area contributed by atoms with E-state index in [0.717, 1.165) is 17.5 Å². The monoisotopic (exact) mass is 320 g/mol. The molecule has 0 aliphatic carbocycles. The lowest BCUT2D eigenvalue weighted by molar-refractivity contribution is -0.131. The Morgan fingerprint density at radius 3 is 2.71 bits per heavy atom. The number of H-pyrrole nitrogens is 1. The maximum atomic E-state index is 12.5. The summed E-state index contributed by atoms with van der Waals surface area (Å²) in [6.07, 6.45) is 2.44. The third-order valence-electron chi connectivity index (χ3n) is 4.63. The SMILES string of the molecule is CN(CCc1c[nH]c2ccccc12)C(=O)[C@@H]1O[C@H]1c1ccccc1. The molecule has 3 aromatic rings. The summed E-state index contributed by atoms with van der Waals surface area (Å²) in [5.74, 6) is 0.0590. The van der Waals surface area contributed by atoms with Crippen LogP contribution in [0.1, 0.15) is 17.2 Å². The second kappa shape index (κ2) is 6.13. The maximum absolute atomic E-state index is 12.5. The van der Waals surface area contributed by atoms with Gasteiger partial charge in [0.25, 0.3) is 5.91 Å². The quantitative estimate of drug-likeness (QED) is 0.733. The first-order chi connectivity index (χ1) is 11.7. The molecule has 0 spiro atoms. The Kier molecular flexibility index (Phi) is 3.82. The van der Waals surface area contributed by atoms with Gasteiger partial charge in [-0.2, -0.15) is 0 Å². The molecule has 1 saturated heterocycles. The molecule has 2 aromatic carbocycles. The Morgan fingerprint density at radius 1 is 1.12 bits per heavy atom. The number of aromatic nitrogens is 1. The highest BCUT2D eigenvalue weighted by Crippen LogP contribution is 2.39. The molecule has 0 radical (unpaired) electrons. The molecule has 2 atom stereocenters. The van der Waals surface area contributed by atoms with Crippen LogP contribution in [0.4, 0.5) is 0 Å². The first-order valence-electron chi connectivity index (χ1n) is 8.24. The molecular formula is C20H20N2O2. The zero-order chi connectivity index (χ0) is 16.5. The van der Waals surface area contributed by atoms with Crippen molar-refractivity contribution in [3.8, 4) is 0 Å². The Bertz CT molecular complexity index is 856. The molecule has 4 rings (SSSR count). The van der Waals surface area contributed by atoms with Crippen LogP contribution in [-0.2, 0) is 16.0 Å². The van der Waals surface area contributed by atoms with E-state index < -0.39 is 0 Å². The van der Waals surface area contributed by atoms with Crippen LogP contribution in [0.3, 0.4) is 0 Å². The van der Waals surface area contributed by atoms with Crippen molar-refractivity contribution >= 4 is 16.8 Å². The smallest absolute Gasteiger partial charge is 0.254 e. The number of nitrogens with one attached hydrogen (secondary N) is 1. The molecule has 1 fully saturated rings. The summed E-state index contributed by atoms with van der Waals surface area (Å²) in [6.45, 7) is 0.683. The van der Waals surface area contributed by atoms with E-state index in [1.807, 2.05) is 55.7 Å². The lowest BCUT2D eigenvalue weighted by atomic mass is 10.1. The van der Waals surface area contributed by atoms with Crippen molar-refractivity contribution < 1.29 is 9.53 Å². The number of carbonyl (C=O) groups is 1. The van der Waals surface area contributed by atoms with Gasteiger partial charge in [0, 0.05) is 30.7 Å². The van der Waals surface area contributed by atoms with Crippen LogP contribution in [0, 0.1) is 0 Å². The summed E-state index contributed by atoms with van der Waals surface area (Å²) >= 11 is 0. The summed E-state index contributed by atoms with van der Waals surface area (Å²) in [5.41, 5.74) is 3.44. The zero-order valence-electron chi connectivity index (χ0n) is 13.6. The van der Waals surface area contributed by atoms with Gasteiger partial charge >= 0.3 is 0 Å². The Hall–Kier alpha value is -2.59. The molecular weight excluding hydrogens is 300 g/mol. The van der Waals surface area contributed by atoms with Gasteiger partial charge in [0.05, 0.1) is 0 Å². The average molecular weight is 320 g/mol. The molecule has 122 valence electrons. The molecule has 24 heavy (non-hydrogen) atoms. The number of epoxide rings is 1. The first-order valence-corrected chi connectivity index (χ1v) is 8.24. The number of fused-ring (bicyclic) bond motifs is 1. The summed E-state index contributed by atoms with van der Waals surface area (Å²) in [6, 6.07) is 18.2. The number of benzene rings is 2. The van der Waals surface area contributed by atoms with E-state index in [4.69, 9.17) is 4.74 Å². The highest BCUT2D eigenvalue weighted by molar-refractivity contribution is 5.85. The van der Waals surface area contributed by atoms with Crippen molar-refractivity contribution in [1.82, 2.24) is 9.88 Å². The Morgan fingerprint density at radius 2 is 1.88 bits per heavy atom. The minimum absolute atomic E-state index is 0.0590. The summed E-state index contributed by atoms with van der Waals surface area (Å²) in [4.78, 5) is 17.6. The van der Waals surface area contributed by atoms with E-state index in [1.165, 1.54) is 10.9 Å². The number of likely N-dealkylation sites (N-methyl/N-ethyl adjacent to an activating group) is 1. The molecule has 1 amide bonds. The maximum Gasteiger partial charge on any atom is 0.254 e. The molecule has 1 N–H and O–H groups in total. The highest BCUT2D eigenvalue weighted by atomic mass is 16.6.